The topological polar surface area (TPSA) is 64.8 Å². The molecule has 0 saturated carbocycles. The van der Waals surface area contributed by atoms with Gasteiger partial charge in [0, 0.05) is 37.9 Å². The molecule has 2 aliphatic heterocycles. The molecule has 0 amide bonds. The van der Waals surface area contributed by atoms with E-state index in [1.807, 2.05) is 12.1 Å². The zero-order valence-electron chi connectivity index (χ0n) is 12.9. The number of nitrogens with zero attached hydrogens (tertiary/aromatic N) is 2. The normalized spacial score (nSPS) is 26.2. The van der Waals surface area contributed by atoms with Crippen molar-refractivity contribution in [3.05, 3.63) is 39.4 Å². The predicted octanol–water partition coefficient (Wildman–Crippen LogP) is 2.28. The van der Waals surface area contributed by atoms with Gasteiger partial charge in [0.2, 0.25) is 0 Å². The lowest BCUT2D eigenvalue weighted by Crippen LogP contribution is -2.47. The summed E-state index contributed by atoms with van der Waals surface area (Å²) in [6.45, 7) is 5.68. The Morgan fingerprint density at radius 1 is 1.32 bits per heavy atom. The lowest BCUT2D eigenvalue weighted by atomic mass is 10.1. The largest absolute Gasteiger partial charge is 0.375 e. The molecule has 2 atom stereocenters. The van der Waals surface area contributed by atoms with Crippen LogP contribution in [-0.2, 0) is 16.0 Å². The molecule has 120 valence electrons. The van der Waals surface area contributed by atoms with Gasteiger partial charge in [0.1, 0.15) is 0 Å². The number of ether oxygens (including phenoxy) is 2. The third-order valence-corrected chi connectivity index (χ3v) is 4.43. The van der Waals surface area contributed by atoms with E-state index in [-0.39, 0.29) is 22.8 Å². The van der Waals surface area contributed by atoms with Crippen LogP contribution in [0, 0.1) is 17.0 Å². The van der Waals surface area contributed by atoms with Crippen molar-refractivity contribution >= 4 is 5.69 Å². The van der Waals surface area contributed by atoms with Crippen LogP contribution in [0.4, 0.5) is 5.69 Å². The average molecular weight is 306 g/mol. The smallest absolute Gasteiger partial charge is 0.272 e. The van der Waals surface area contributed by atoms with Crippen molar-refractivity contribution in [3.63, 3.8) is 0 Å². The lowest BCUT2D eigenvalue weighted by molar-refractivity contribution is -0.385. The van der Waals surface area contributed by atoms with Gasteiger partial charge in [-0.05, 0) is 25.3 Å². The summed E-state index contributed by atoms with van der Waals surface area (Å²) < 4.78 is 11.6. The van der Waals surface area contributed by atoms with E-state index in [1.165, 1.54) is 0 Å². The summed E-state index contributed by atoms with van der Waals surface area (Å²) in [7, 11) is 0. The second kappa shape index (κ2) is 6.73. The van der Waals surface area contributed by atoms with Crippen LogP contribution >= 0.6 is 0 Å². The minimum Gasteiger partial charge on any atom is -0.375 e. The van der Waals surface area contributed by atoms with Crippen molar-refractivity contribution in [3.8, 4) is 0 Å². The van der Waals surface area contributed by atoms with Crippen LogP contribution in [0.2, 0.25) is 0 Å². The van der Waals surface area contributed by atoms with Crippen molar-refractivity contribution in [2.45, 2.75) is 38.5 Å². The SMILES string of the molecule is Cc1ccc(CN2CCO[C@H]([C@@H]3CCCO3)C2)cc1[N+](=O)[O-]. The molecule has 0 aromatic heterocycles. The van der Waals surface area contributed by atoms with Crippen LogP contribution in [0.1, 0.15) is 24.0 Å². The van der Waals surface area contributed by atoms with E-state index >= 15 is 0 Å². The van der Waals surface area contributed by atoms with E-state index in [9.17, 15) is 10.1 Å². The lowest BCUT2D eigenvalue weighted by Gasteiger charge is -2.35. The average Bonchev–Trinajstić information content (AvgIpc) is 3.03. The van der Waals surface area contributed by atoms with Gasteiger partial charge < -0.3 is 9.47 Å². The molecule has 22 heavy (non-hydrogen) atoms. The highest BCUT2D eigenvalue weighted by atomic mass is 16.6. The van der Waals surface area contributed by atoms with Gasteiger partial charge >= 0.3 is 0 Å². The molecule has 2 fully saturated rings. The Balaban J connectivity index is 1.65. The molecular formula is C16H22N2O4. The highest BCUT2D eigenvalue weighted by Crippen LogP contribution is 2.23. The Morgan fingerprint density at radius 3 is 2.86 bits per heavy atom. The monoisotopic (exact) mass is 306 g/mol. The number of aryl methyl sites for hydroxylation is 1. The Morgan fingerprint density at radius 2 is 2.14 bits per heavy atom. The molecule has 1 aromatic rings. The van der Waals surface area contributed by atoms with Crippen molar-refractivity contribution < 1.29 is 14.4 Å². The van der Waals surface area contributed by atoms with E-state index in [0.717, 1.165) is 38.1 Å². The number of rotatable bonds is 4. The summed E-state index contributed by atoms with van der Waals surface area (Å²) in [5, 5.41) is 11.0. The van der Waals surface area contributed by atoms with Crippen molar-refractivity contribution in [2.75, 3.05) is 26.3 Å². The van der Waals surface area contributed by atoms with Gasteiger partial charge in [0.25, 0.3) is 5.69 Å². The number of hydrogen-bond acceptors (Lipinski definition) is 5. The zero-order valence-corrected chi connectivity index (χ0v) is 12.9. The second-order valence-corrected chi connectivity index (χ2v) is 6.07. The fourth-order valence-corrected chi connectivity index (χ4v) is 3.20. The standard InChI is InChI=1S/C16H22N2O4/c1-12-4-5-13(9-14(12)18(19)20)10-17-6-8-22-16(11-17)15-3-2-7-21-15/h4-5,9,15-16H,2-3,6-8,10-11H2,1H3/t15-,16-/m0/s1. The second-order valence-electron chi connectivity index (χ2n) is 6.07. The van der Waals surface area contributed by atoms with Gasteiger partial charge in [0.05, 0.1) is 23.7 Å². The summed E-state index contributed by atoms with van der Waals surface area (Å²) in [5.74, 6) is 0. The Labute approximate surface area is 130 Å². The molecule has 2 aliphatic rings. The number of benzene rings is 1. The minimum atomic E-state index is -0.312. The summed E-state index contributed by atoms with van der Waals surface area (Å²) in [5.41, 5.74) is 1.87. The maximum Gasteiger partial charge on any atom is 0.272 e. The summed E-state index contributed by atoms with van der Waals surface area (Å²) >= 11 is 0. The van der Waals surface area contributed by atoms with Crippen LogP contribution < -0.4 is 0 Å². The highest BCUT2D eigenvalue weighted by Gasteiger charge is 2.31. The predicted molar refractivity (Wildman–Crippen MR) is 81.8 cm³/mol. The third kappa shape index (κ3) is 3.45. The maximum atomic E-state index is 11.0. The van der Waals surface area contributed by atoms with E-state index in [4.69, 9.17) is 9.47 Å². The molecule has 0 radical (unpaired) electrons. The minimum absolute atomic E-state index is 0.122. The molecule has 6 nitrogen and oxygen atoms in total. The van der Waals surface area contributed by atoms with E-state index < -0.39 is 0 Å². The van der Waals surface area contributed by atoms with Gasteiger partial charge in [-0.1, -0.05) is 12.1 Å². The molecule has 0 unspecified atom stereocenters. The Kier molecular flexibility index (Phi) is 4.71. The van der Waals surface area contributed by atoms with Crippen LogP contribution in [0.3, 0.4) is 0 Å². The molecule has 3 rings (SSSR count). The Hall–Kier alpha value is -1.50. The molecule has 0 N–H and O–H groups in total. The van der Waals surface area contributed by atoms with E-state index in [1.54, 1.807) is 13.0 Å². The number of morpholine rings is 1. The molecule has 0 spiro atoms. The van der Waals surface area contributed by atoms with Crippen molar-refractivity contribution in [1.29, 1.82) is 0 Å². The van der Waals surface area contributed by atoms with Crippen LogP contribution in [0.25, 0.3) is 0 Å². The zero-order chi connectivity index (χ0) is 15.5. The molecule has 2 saturated heterocycles. The molecular weight excluding hydrogens is 284 g/mol. The van der Waals surface area contributed by atoms with Gasteiger partial charge in [-0.2, -0.15) is 0 Å². The number of hydrogen-bond donors (Lipinski definition) is 0. The van der Waals surface area contributed by atoms with Gasteiger partial charge in [-0.15, -0.1) is 0 Å². The quantitative estimate of drug-likeness (QED) is 0.631. The first-order chi connectivity index (χ1) is 10.6. The van der Waals surface area contributed by atoms with Crippen LogP contribution in [0.15, 0.2) is 18.2 Å². The van der Waals surface area contributed by atoms with Gasteiger partial charge in [-0.3, -0.25) is 15.0 Å². The molecule has 6 heteroatoms. The highest BCUT2D eigenvalue weighted by molar-refractivity contribution is 5.42. The van der Waals surface area contributed by atoms with E-state index in [2.05, 4.69) is 4.90 Å². The third-order valence-electron chi connectivity index (χ3n) is 4.43. The molecule has 2 heterocycles. The van der Waals surface area contributed by atoms with Crippen LogP contribution in [0.5, 0.6) is 0 Å². The van der Waals surface area contributed by atoms with Crippen LogP contribution in [-0.4, -0.2) is 48.3 Å². The maximum absolute atomic E-state index is 11.0. The number of nitro benzene ring substituents is 1. The van der Waals surface area contributed by atoms with Gasteiger partial charge in [-0.25, -0.2) is 0 Å². The Bertz CT molecular complexity index is 543. The fraction of sp³-hybridized carbons (Fsp3) is 0.625. The first-order valence-corrected chi connectivity index (χ1v) is 7.83. The first kappa shape index (κ1) is 15.4. The molecule has 0 aliphatic carbocycles. The summed E-state index contributed by atoms with van der Waals surface area (Å²) in [4.78, 5) is 13.0. The number of nitro groups is 1. The first-order valence-electron chi connectivity index (χ1n) is 7.83. The summed E-state index contributed by atoms with van der Waals surface area (Å²) in [6.07, 6.45) is 2.50. The van der Waals surface area contributed by atoms with Crippen molar-refractivity contribution in [2.24, 2.45) is 0 Å². The molecule has 1 aromatic carbocycles. The van der Waals surface area contributed by atoms with Gasteiger partial charge in [0.15, 0.2) is 0 Å². The molecule has 0 bridgehead atoms. The summed E-state index contributed by atoms with van der Waals surface area (Å²) in [6, 6.07) is 5.48. The fourth-order valence-electron chi connectivity index (χ4n) is 3.20. The van der Waals surface area contributed by atoms with E-state index in [0.29, 0.717) is 18.7 Å². The van der Waals surface area contributed by atoms with Crippen molar-refractivity contribution in [1.82, 2.24) is 4.90 Å².